The second-order valence-electron chi connectivity index (χ2n) is 5.70. The Labute approximate surface area is 124 Å². The molecule has 21 heavy (non-hydrogen) atoms. The predicted molar refractivity (Wildman–Crippen MR) is 79.3 cm³/mol. The van der Waals surface area contributed by atoms with Gasteiger partial charge >= 0.3 is 6.61 Å². The van der Waals surface area contributed by atoms with Gasteiger partial charge in [-0.3, -0.25) is 0 Å². The normalized spacial score (nSPS) is 22.7. The van der Waals surface area contributed by atoms with Gasteiger partial charge in [-0.2, -0.15) is 8.78 Å². The van der Waals surface area contributed by atoms with Gasteiger partial charge in [0.2, 0.25) is 0 Å². The van der Waals surface area contributed by atoms with Gasteiger partial charge in [0.15, 0.2) is 11.5 Å². The summed E-state index contributed by atoms with van der Waals surface area (Å²) in [6.45, 7) is -0.572. The molecule has 0 heterocycles. The minimum Gasteiger partial charge on any atom is -0.493 e. The summed E-state index contributed by atoms with van der Waals surface area (Å²) in [5, 5.41) is 3.43. The first-order valence-electron chi connectivity index (χ1n) is 7.48. The zero-order chi connectivity index (χ0) is 15.2. The molecule has 0 radical (unpaired) electrons. The monoisotopic (exact) mass is 299 g/mol. The van der Waals surface area contributed by atoms with Gasteiger partial charge in [0.1, 0.15) is 0 Å². The SMILES string of the molecule is COc1ccc(NC2CCCC(C)CC2)cc1OC(F)F. The highest BCUT2D eigenvalue weighted by Crippen LogP contribution is 2.33. The molecule has 1 aromatic carbocycles. The molecule has 1 N–H and O–H groups in total. The van der Waals surface area contributed by atoms with Crippen LogP contribution in [0.25, 0.3) is 0 Å². The number of anilines is 1. The summed E-state index contributed by atoms with van der Waals surface area (Å²) in [5.74, 6) is 1.15. The molecule has 0 bridgehead atoms. The number of ether oxygens (including phenoxy) is 2. The Bertz CT molecular complexity index is 454. The molecule has 0 aliphatic heterocycles. The maximum absolute atomic E-state index is 12.4. The molecule has 3 nitrogen and oxygen atoms in total. The molecule has 0 amide bonds. The van der Waals surface area contributed by atoms with Crippen LogP contribution in [0.4, 0.5) is 14.5 Å². The van der Waals surface area contributed by atoms with Gasteiger partial charge in [-0.15, -0.1) is 0 Å². The van der Waals surface area contributed by atoms with E-state index in [0.717, 1.165) is 24.4 Å². The number of hydrogen-bond acceptors (Lipinski definition) is 3. The van der Waals surface area contributed by atoms with Crippen molar-refractivity contribution in [2.45, 2.75) is 51.7 Å². The van der Waals surface area contributed by atoms with E-state index in [4.69, 9.17) is 4.74 Å². The van der Waals surface area contributed by atoms with Crippen LogP contribution in [0.3, 0.4) is 0 Å². The van der Waals surface area contributed by atoms with Crippen LogP contribution in [0.5, 0.6) is 11.5 Å². The van der Waals surface area contributed by atoms with E-state index in [1.54, 1.807) is 12.1 Å². The minimum atomic E-state index is -2.85. The first-order chi connectivity index (χ1) is 10.1. The number of alkyl halides is 2. The van der Waals surface area contributed by atoms with Gasteiger partial charge in [-0.1, -0.05) is 19.8 Å². The summed E-state index contributed by atoms with van der Waals surface area (Å²) in [6, 6.07) is 5.47. The van der Waals surface area contributed by atoms with Crippen LogP contribution in [0, 0.1) is 5.92 Å². The Balaban J connectivity index is 2.05. The quantitative estimate of drug-likeness (QED) is 0.801. The molecule has 1 fully saturated rings. The number of nitrogens with one attached hydrogen (secondary N) is 1. The fourth-order valence-corrected chi connectivity index (χ4v) is 2.82. The third-order valence-corrected chi connectivity index (χ3v) is 4.01. The lowest BCUT2D eigenvalue weighted by molar-refractivity contribution is -0.0511. The van der Waals surface area contributed by atoms with Gasteiger partial charge in [-0.05, 0) is 37.3 Å². The molecule has 0 spiro atoms. The van der Waals surface area contributed by atoms with Crippen LogP contribution >= 0.6 is 0 Å². The van der Waals surface area contributed by atoms with Crippen molar-refractivity contribution in [2.75, 3.05) is 12.4 Å². The highest BCUT2D eigenvalue weighted by Gasteiger charge is 2.17. The molecule has 5 heteroatoms. The topological polar surface area (TPSA) is 30.5 Å². The number of hydrogen-bond donors (Lipinski definition) is 1. The van der Waals surface area contributed by atoms with Crippen LogP contribution in [0.15, 0.2) is 18.2 Å². The van der Waals surface area contributed by atoms with Crippen LogP contribution in [0.1, 0.15) is 39.0 Å². The molecule has 0 aromatic heterocycles. The molecule has 2 rings (SSSR count). The maximum Gasteiger partial charge on any atom is 0.387 e. The Hall–Kier alpha value is -1.52. The Morgan fingerprint density at radius 1 is 1.14 bits per heavy atom. The lowest BCUT2D eigenvalue weighted by atomic mass is 10.0. The molecule has 1 saturated carbocycles. The standard InChI is InChI=1S/C16H23F2NO2/c1-11-4-3-5-12(7-6-11)19-13-8-9-14(20-2)15(10-13)21-16(17)18/h8-12,16,19H,3-7H2,1-2H3. The third kappa shape index (κ3) is 4.76. The van der Waals surface area contributed by atoms with Crippen molar-refractivity contribution in [3.05, 3.63) is 18.2 Å². The summed E-state index contributed by atoms with van der Waals surface area (Å²) in [4.78, 5) is 0. The van der Waals surface area contributed by atoms with E-state index in [9.17, 15) is 8.78 Å². The third-order valence-electron chi connectivity index (χ3n) is 4.01. The molecule has 2 unspecified atom stereocenters. The van der Waals surface area contributed by atoms with Crippen LogP contribution in [0.2, 0.25) is 0 Å². The van der Waals surface area contributed by atoms with Crippen LogP contribution in [-0.2, 0) is 0 Å². The van der Waals surface area contributed by atoms with E-state index >= 15 is 0 Å². The Kier molecular flexibility index (Phi) is 5.65. The van der Waals surface area contributed by atoms with E-state index in [0.29, 0.717) is 11.8 Å². The van der Waals surface area contributed by atoms with Crippen molar-refractivity contribution < 1.29 is 18.3 Å². The second kappa shape index (κ2) is 7.48. The smallest absolute Gasteiger partial charge is 0.387 e. The van der Waals surface area contributed by atoms with Crippen LogP contribution in [-0.4, -0.2) is 19.8 Å². The van der Waals surface area contributed by atoms with Gasteiger partial charge < -0.3 is 14.8 Å². The average Bonchev–Trinajstić information content (AvgIpc) is 2.63. The zero-order valence-corrected chi connectivity index (χ0v) is 12.6. The van der Waals surface area contributed by atoms with Crippen molar-refractivity contribution in [1.82, 2.24) is 0 Å². The lowest BCUT2D eigenvalue weighted by Gasteiger charge is -2.19. The van der Waals surface area contributed by atoms with Gasteiger partial charge in [0.05, 0.1) is 7.11 Å². The number of benzene rings is 1. The summed E-state index contributed by atoms with van der Waals surface area (Å²) in [5.41, 5.74) is 0.797. The van der Waals surface area contributed by atoms with E-state index < -0.39 is 6.61 Å². The average molecular weight is 299 g/mol. The molecule has 1 aliphatic carbocycles. The number of halogens is 2. The van der Waals surface area contributed by atoms with E-state index in [1.807, 2.05) is 6.07 Å². The first kappa shape index (κ1) is 15.9. The minimum absolute atomic E-state index is 0.0690. The largest absolute Gasteiger partial charge is 0.493 e. The van der Waals surface area contributed by atoms with Gasteiger partial charge in [0.25, 0.3) is 0 Å². The first-order valence-corrected chi connectivity index (χ1v) is 7.48. The lowest BCUT2D eigenvalue weighted by Crippen LogP contribution is -2.18. The fourth-order valence-electron chi connectivity index (χ4n) is 2.82. The molecule has 1 aliphatic rings. The molecule has 1 aromatic rings. The fraction of sp³-hybridized carbons (Fsp3) is 0.625. The van der Waals surface area contributed by atoms with Crippen molar-refractivity contribution in [1.29, 1.82) is 0 Å². The maximum atomic E-state index is 12.4. The number of rotatable bonds is 5. The van der Waals surface area contributed by atoms with E-state index in [-0.39, 0.29) is 5.75 Å². The summed E-state index contributed by atoms with van der Waals surface area (Å²) >= 11 is 0. The summed E-state index contributed by atoms with van der Waals surface area (Å²) in [6.07, 6.45) is 5.89. The highest BCUT2D eigenvalue weighted by molar-refractivity contribution is 5.55. The molecule has 118 valence electrons. The summed E-state index contributed by atoms with van der Waals surface area (Å²) < 4.78 is 34.4. The van der Waals surface area contributed by atoms with Crippen molar-refractivity contribution in [3.8, 4) is 11.5 Å². The molecule has 0 saturated heterocycles. The Morgan fingerprint density at radius 2 is 1.95 bits per heavy atom. The van der Waals surface area contributed by atoms with E-state index in [2.05, 4.69) is 17.0 Å². The van der Waals surface area contributed by atoms with Crippen molar-refractivity contribution in [3.63, 3.8) is 0 Å². The van der Waals surface area contributed by atoms with Gasteiger partial charge in [-0.25, -0.2) is 0 Å². The Morgan fingerprint density at radius 3 is 2.67 bits per heavy atom. The van der Waals surface area contributed by atoms with Crippen molar-refractivity contribution >= 4 is 5.69 Å². The number of methoxy groups -OCH3 is 1. The molecule has 2 atom stereocenters. The predicted octanol–water partition coefficient (Wildman–Crippen LogP) is 4.68. The summed E-state index contributed by atoms with van der Waals surface area (Å²) in [7, 11) is 1.44. The van der Waals surface area contributed by atoms with Gasteiger partial charge in [0, 0.05) is 17.8 Å². The molecular weight excluding hydrogens is 276 g/mol. The van der Waals surface area contributed by atoms with Crippen molar-refractivity contribution in [2.24, 2.45) is 5.92 Å². The van der Waals surface area contributed by atoms with Crippen LogP contribution < -0.4 is 14.8 Å². The highest BCUT2D eigenvalue weighted by atomic mass is 19.3. The zero-order valence-electron chi connectivity index (χ0n) is 12.6. The molecular formula is C16H23F2NO2. The van der Waals surface area contributed by atoms with E-state index in [1.165, 1.54) is 26.4 Å². The second-order valence-corrected chi connectivity index (χ2v) is 5.70.